The van der Waals surface area contributed by atoms with Crippen molar-refractivity contribution in [2.75, 3.05) is 5.73 Å². The molecular formula is C11H9ClN4O2. The second-order valence-electron chi connectivity index (χ2n) is 3.37. The van der Waals surface area contributed by atoms with Crippen LogP contribution >= 0.6 is 11.6 Å². The Morgan fingerprint density at radius 1 is 1.22 bits per heavy atom. The molecule has 1 amide bonds. The normalized spacial score (nSPS) is 10.1. The summed E-state index contributed by atoms with van der Waals surface area (Å²) in [5.74, 6) is 0.106. The highest BCUT2D eigenvalue weighted by molar-refractivity contribution is 6.32. The second-order valence-corrected chi connectivity index (χ2v) is 3.73. The Labute approximate surface area is 108 Å². The van der Waals surface area contributed by atoms with Gasteiger partial charge in [0.05, 0.1) is 0 Å². The third-order valence-corrected chi connectivity index (χ3v) is 2.45. The molecule has 2 rings (SSSR count). The molecule has 2 aromatic rings. The molecule has 92 valence electrons. The Hall–Kier alpha value is -2.34. The van der Waals surface area contributed by atoms with E-state index in [9.17, 15) is 4.79 Å². The molecule has 0 unspecified atom stereocenters. The van der Waals surface area contributed by atoms with Gasteiger partial charge in [-0.3, -0.25) is 4.79 Å². The van der Waals surface area contributed by atoms with E-state index in [1.165, 1.54) is 18.5 Å². The van der Waals surface area contributed by atoms with E-state index >= 15 is 0 Å². The number of ether oxygens (including phenoxy) is 1. The van der Waals surface area contributed by atoms with E-state index in [0.29, 0.717) is 11.3 Å². The van der Waals surface area contributed by atoms with Crippen LogP contribution < -0.4 is 16.2 Å². The van der Waals surface area contributed by atoms with E-state index in [1.54, 1.807) is 12.1 Å². The van der Waals surface area contributed by atoms with Crippen molar-refractivity contribution in [1.82, 2.24) is 9.97 Å². The first-order valence-electron chi connectivity index (χ1n) is 4.91. The van der Waals surface area contributed by atoms with E-state index in [-0.39, 0.29) is 16.7 Å². The van der Waals surface area contributed by atoms with Crippen molar-refractivity contribution in [3.8, 4) is 11.6 Å². The second kappa shape index (κ2) is 4.89. The molecule has 0 aliphatic heterocycles. The van der Waals surface area contributed by atoms with Gasteiger partial charge < -0.3 is 16.2 Å². The first-order chi connectivity index (χ1) is 8.58. The van der Waals surface area contributed by atoms with E-state index in [0.717, 1.165) is 0 Å². The van der Waals surface area contributed by atoms with Gasteiger partial charge in [0, 0.05) is 5.56 Å². The van der Waals surface area contributed by atoms with Crippen molar-refractivity contribution in [3.05, 3.63) is 41.3 Å². The standard InChI is InChI=1S/C11H9ClN4O2/c12-9-8(13)11(16-5-15-9)18-7-3-1-6(2-4-7)10(14)17/h1-5H,13H2,(H2,14,17). The van der Waals surface area contributed by atoms with Gasteiger partial charge in [-0.15, -0.1) is 0 Å². The summed E-state index contributed by atoms with van der Waals surface area (Å²) in [6.07, 6.45) is 1.24. The van der Waals surface area contributed by atoms with Crippen molar-refractivity contribution in [2.24, 2.45) is 5.73 Å². The van der Waals surface area contributed by atoms with Gasteiger partial charge >= 0.3 is 0 Å². The number of nitrogen functional groups attached to an aromatic ring is 1. The van der Waals surface area contributed by atoms with Crippen LogP contribution in [-0.4, -0.2) is 15.9 Å². The maximum atomic E-state index is 10.9. The van der Waals surface area contributed by atoms with Crippen LogP contribution in [0, 0.1) is 0 Å². The number of nitrogens with zero attached hydrogens (tertiary/aromatic N) is 2. The van der Waals surface area contributed by atoms with Crippen molar-refractivity contribution >= 4 is 23.2 Å². The lowest BCUT2D eigenvalue weighted by Crippen LogP contribution is -2.10. The minimum atomic E-state index is -0.508. The molecule has 1 aromatic carbocycles. The van der Waals surface area contributed by atoms with E-state index < -0.39 is 5.91 Å². The fourth-order valence-electron chi connectivity index (χ4n) is 1.24. The van der Waals surface area contributed by atoms with Gasteiger partial charge in [0.15, 0.2) is 5.15 Å². The average Bonchev–Trinajstić information content (AvgIpc) is 2.36. The van der Waals surface area contributed by atoms with Crippen LogP contribution in [0.5, 0.6) is 11.6 Å². The van der Waals surface area contributed by atoms with Crippen molar-refractivity contribution < 1.29 is 9.53 Å². The number of aromatic nitrogens is 2. The van der Waals surface area contributed by atoms with Gasteiger partial charge in [0.25, 0.3) is 0 Å². The van der Waals surface area contributed by atoms with Crippen LogP contribution in [0.2, 0.25) is 5.15 Å². The largest absolute Gasteiger partial charge is 0.437 e. The Bertz CT molecular complexity index is 586. The Morgan fingerprint density at radius 2 is 1.89 bits per heavy atom. The summed E-state index contributed by atoms with van der Waals surface area (Å²) in [5.41, 5.74) is 11.3. The summed E-state index contributed by atoms with van der Waals surface area (Å²) in [5, 5.41) is 0.119. The summed E-state index contributed by atoms with van der Waals surface area (Å²) in [6, 6.07) is 6.23. The lowest BCUT2D eigenvalue weighted by atomic mass is 10.2. The molecule has 4 N–H and O–H groups in total. The van der Waals surface area contributed by atoms with Gasteiger partial charge in [-0.05, 0) is 24.3 Å². The molecule has 7 heteroatoms. The number of carbonyl (C=O) groups excluding carboxylic acids is 1. The quantitative estimate of drug-likeness (QED) is 0.820. The molecule has 6 nitrogen and oxygen atoms in total. The highest BCUT2D eigenvalue weighted by Gasteiger charge is 2.08. The molecule has 0 fully saturated rings. The number of amides is 1. The number of benzene rings is 1. The van der Waals surface area contributed by atoms with Crippen LogP contribution in [0.25, 0.3) is 0 Å². The van der Waals surface area contributed by atoms with Crippen LogP contribution in [0.15, 0.2) is 30.6 Å². The number of halogens is 1. The highest BCUT2D eigenvalue weighted by atomic mass is 35.5. The topological polar surface area (TPSA) is 104 Å². The predicted octanol–water partition coefficient (Wildman–Crippen LogP) is 1.60. The van der Waals surface area contributed by atoms with Crippen LogP contribution in [-0.2, 0) is 0 Å². The van der Waals surface area contributed by atoms with Crippen LogP contribution in [0.1, 0.15) is 10.4 Å². The summed E-state index contributed by atoms with van der Waals surface area (Å²) in [7, 11) is 0. The molecule has 0 saturated carbocycles. The Kier molecular flexibility index (Phi) is 3.29. The van der Waals surface area contributed by atoms with Gasteiger partial charge in [0.1, 0.15) is 17.8 Å². The lowest BCUT2D eigenvalue weighted by Gasteiger charge is -2.07. The van der Waals surface area contributed by atoms with Crippen molar-refractivity contribution in [3.63, 3.8) is 0 Å². The number of rotatable bonds is 3. The van der Waals surface area contributed by atoms with Gasteiger partial charge in [0.2, 0.25) is 11.8 Å². The van der Waals surface area contributed by atoms with Crippen LogP contribution in [0.3, 0.4) is 0 Å². The number of hydrogen-bond acceptors (Lipinski definition) is 5. The summed E-state index contributed by atoms with van der Waals surface area (Å²) in [6.45, 7) is 0. The number of carbonyl (C=O) groups is 1. The molecule has 0 spiro atoms. The SMILES string of the molecule is NC(=O)c1ccc(Oc2ncnc(Cl)c2N)cc1. The first kappa shape index (κ1) is 12.1. The van der Waals surface area contributed by atoms with E-state index in [2.05, 4.69) is 9.97 Å². The number of hydrogen-bond donors (Lipinski definition) is 2. The monoisotopic (exact) mass is 264 g/mol. The van der Waals surface area contributed by atoms with Crippen LogP contribution in [0.4, 0.5) is 5.69 Å². The molecule has 0 aliphatic rings. The van der Waals surface area contributed by atoms with Crippen molar-refractivity contribution in [2.45, 2.75) is 0 Å². The maximum absolute atomic E-state index is 10.9. The number of primary amides is 1. The highest BCUT2D eigenvalue weighted by Crippen LogP contribution is 2.28. The zero-order valence-corrected chi connectivity index (χ0v) is 9.89. The zero-order valence-electron chi connectivity index (χ0n) is 9.13. The molecule has 1 heterocycles. The molecule has 0 bridgehead atoms. The molecule has 0 saturated heterocycles. The third kappa shape index (κ3) is 2.49. The first-order valence-corrected chi connectivity index (χ1v) is 5.29. The molecular weight excluding hydrogens is 256 g/mol. The third-order valence-electron chi connectivity index (χ3n) is 2.15. The van der Waals surface area contributed by atoms with E-state index in [1.807, 2.05) is 0 Å². The molecule has 18 heavy (non-hydrogen) atoms. The van der Waals surface area contributed by atoms with Gasteiger partial charge in [-0.1, -0.05) is 11.6 Å². The minimum absolute atomic E-state index is 0.119. The lowest BCUT2D eigenvalue weighted by molar-refractivity contribution is 0.100. The van der Waals surface area contributed by atoms with Gasteiger partial charge in [-0.2, -0.15) is 4.98 Å². The maximum Gasteiger partial charge on any atom is 0.248 e. The van der Waals surface area contributed by atoms with Gasteiger partial charge in [-0.25, -0.2) is 4.98 Å². The minimum Gasteiger partial charge on any atom is -0.437 e. The Morgan fingerprint density at radius 3 is 2.50 bits per heavy atom. The predicted molar refractivity (Wildman–Crippen MR) is 66.5 cm³/mol. The summed E-state index contributed by atoms with van der Waals surface area (Å²) < 4.78 is 5.41. The summed E-state index contributed by atoms with van der Waals surface area (Å²) >= 11 is 5.73. The average molecular weight is 265 g/mol. The molecule has 0 atom stereocenters. The van der Waals surface area contributed by atoms with Crippen molar-refractivity contribution in [1.29, 1.82) is 0 Å². The number of nitrogens with two attached hydrogens (primary N) is 2. The smallest absolute Gasteiger partial charge is 0.248 e. The molecule has 1 aromatic heterocycles. The number of anilines is 1. The zero-order chi connectivity index (χ0) is 13.1. The molecule has 0 radical (unpaired) electrons. The molecule has 0 aliphatic carbocycles. The Balaban J connectivity index is 2.24. The van der Waals surface area contributed by atoms with E-state index in [4.69, 9.17) is 27.8 Å². The fourth-order valence-corrected chi connectivity index (χ4v) is 1.36. The summed E-state index contributed by atoms with van der Waals surface area (Å²) in [4.78, 5) is 18.5. The fraction of sp³-hybridized carbons (Fsp3) is 0.